The van der Waals surface area contributed by atoms with Crippen molar-refractivity contribution in [2.24, 2.45) is 16.8 Å². The predicted octanol–water partition coefficient (Wildman–Crippen LogP) is 0.980. The second-order valence-electron chi connectivity index (χ2n) is 3.15. The summed E-state index contributed by atoms with van der Waals surface area (Å²) >= 11 is 0. The molecule has 1 amide bonds. The monoisotopic (exact) mass is 281 g/mol. The van der Waals surface area contributed by atoms with E-state index in [1.165, 1.54) is 5.32 Å². The Hall–Kier alpha value is -1.68. The number of alkyl halides is 6. The zero-order chi connectivity index (χ0) is 14.6. The number of rotatable bonds is 4. The Morgan fingerprint density at radius 2 is 1.67 bits per heavy atom. The standard InChI is InChI=1S/C7H9F6N3O2/c8-6(9,10)4(7(11,12)13)5(17)15-2-1-3(14)16-18/h4,18H,1-2H2,(H2,14,16)(H,15,17). The molecular formula is C7H9F6N3O2. The van der Waals surface area contributed by atoms with Gasteiger partial charge in [0.25, 0.3) is 0 Å². The van der Waals surface area contributed by atoms with E-state index in [2.05, 4.69) is 5.16 Å². The fourth-order valence-electron chi connectivity index (χ4n) is 0.949. The van der Waals surface area contributed by atoms with Crippen molar-refractivity contribution in [3.05, 3.63) is 0 Å². The summed E-state index contributed by atoms with van der Waals surface area (Å²) in [6, 6.07) is 0. The first kappa shape index (κ1) is 16.3. The van der Waals surface area contributed by atoms with Crippen LogP contribution in [-0.4, -0.2) is 35.8 Å². The lowest BCUT2D eigenvalue weighted by Gasteiger charge is -2.21. The van der Waals surface area contributed by atoms with Crippen LogP contribution in [0.15, 0.2) is 5.16 Å². The highest BCUT2D eigenvalue weighted by Crippen LogP contribution is 2.39. The van der Waals surface area contributed by atoms with Crippen LogP contribution >= 0.6 is 0 Å². The van der Waals surface area contributed by atoms with Gasteiger partial charge in [-0.3, -0.25) is 4.79 Å². The first-order chi connectivity index (χ1) is 8.00. The fourth-order valence-corrected chi connectivity index (χ4v) is 0.949. The first-order valence-electron chi connectivity index (χ1n) is 4.37. The van der Waals surface area contributed by atoms with Crippen molar-refractivity contribution in [3.63, 3.8) is 0 Å². The molecule has 0 radical (unpaired) electrons. The number of nitrogens with two attached hydrogens (primary N) is 1. The number of nitrogens with one attached hydrogen (secondary N) is 1. The molecule has 0 aliphatic carbocycles. The summed E-state index contributed by atoms with van der Waals surface area (Å²) in [6.45, 7) is -0.614. The number of carbonyl (C=O) groups excluding carboxylic acids is 1. The fraction of sp³-hybridized carbons (Fsp3) is 0.714. The van der Waals surface area contributed by atoms with Gasteiger partial charge in [0, 0.05) is 13.0 Å². The van der Waals surface area contributed by atoms with Crippen LogP contribution in [0.1, 0.15) is 6.42 Å². The topological polar surface area (TPSA) is 87.7 Å². The number of halogens is 6. The van der Waals surface area contributed by atoms with E-state index < -0.39 is 36.6 Å². The summed E-state index contributed by atoms with van der Waals surface area (Å²) in [6.07, 6.45) is -11.9. The third-order valence-electron chi connectivity index (χ3n) is 1.73. The molecular weight excluding hydrogens is 272 g/mol. The molecule has 5 nitrogen and oxygen atoms in total. The Balaban J connectivity index is 4.61. The maximum Gasteiger partial charge on any atom is 0.409 e. The van der Waals surface area contributed by atoms with Crippen LogP contribution in [0, 0.1) is 5.92 Å². The lowest BCUT2D eigenvalue weighted by atomic mass is 10.1. The Morgan fingerprint density at radius 1 is 1.22 bits per heavy atom. The van der Waals surface area contributed by atoms with Crippen LogP contribution in [0.2, 0.25) is 0 Å². The van der Waals surface area contributed by atoms with Gasteiger partial charge in [-0.1, -0.05) is 5.16 Å². The van der Waals surface area contributed by atoms with Crippen LogP contribution in [0.25, 0.3) is 0 Å². The van der Waals surface area contributed by atoms with Crippen molar-refractivity contribution >= 4 is 11.7 Å². The second kappa shape index (κ2) is 5.78. The normalized spacial score (nSPS) is 13.8. The molecule has 0 aromatic rings. The average Bonchev–Trinajstić information content (AvgIpc) is 2.12. The predicted molar refractivity (Wildman–Crippen MR) is 46.6 cm³/mol. The highest BCUT2D eigenvalue weighted by molar-refractivity contribution is 5.82. The van der Waals surface area contributed by atoms with Gasteiger partial charge in [-0.25, -0.2) is 0 Å². The van der Waals surface area contributed by atoms with Crippen molar-refractivity contribution in [2.45, 2.75) is 18.8 Å². The summed E-state index contributed by atoms with van der Waals surface area (Å²) in [4.78, 5) is 10.8. The number of oxime groups is 1. The molecule has 0 rings (SSSR count). The lowest BCUT2D eigenvalue weighted by Crippen LogP contribution is -2.48. The van der Waals surface area contributed by atoms with Crippen molar-refractivity contribution in [3.8, 4) is 0 Å². The van der Waals surface area contributed by atoms with E-state index in [4.69, 9.17) is 10.9 Å². The zero-order valence-corrected chi connectivity index (χ0v) is 8.64. The van der Waals surface area contributed by atoms with Gasteiger partial charge in [0.15, 0.2) is 0 Å². The molecule has 4 N–H and O–H groups in total. The molecule has 18 heavy (non-hydrogen) atoms. The van der Waals surface area contributed by atoms with Gasteiger partial charge in [0.2, 0.25) is 11.8 Å². The number of amides is 1. The summed E-state index contributed by atoms with van der Waals surface area (Å²) < 4.78 is 72.3. The second-order valence-corrected chi connectivity index (χ2v) is 3.15. The maximum absolute atomic E-state index is 12.0. The van der Waals surface area contributed by atoms with Crippen LogP contribution in [0.4, 0.5) is 26.3 Å². The van der Waals surface area contributed by atoms with Crippen LogP contribution in [0.5, 0.6) is 0 Å². The summed E-state index contributed by atoms with van der Waals surface area (Å²) in [5.74, 6) is -6.77. The van der Waals surface area contributed by atoms with Gasteiger partial charge in [-0.15, -0.1) is 0 Å². The van der Waals surface area contributed by atoms with Gasteiger partial charge in [-0.2, -0.15) is 26.3 Å². The Morgan fingerprint density at radius 3 is 2.00 bits per heavy atom. The number of hydrogen-bond donors (Lipinski definition) is 3. The first-order valence-corrected chi connectivity index (χ1v) is 4.37. The molecule has 0 aromatic heterocycles. The largest absolute Gasteiger partial charge is 0.409 e. The van der Waals surface area contributed by atoms with Gasteiger partial charge in [0.1, 0.15) is 5.84 Å². The van der Waals surface area contributed by atoms with Gasteiger partial charge in [-0.05, 0) is 0 Å². The van der Waals surface area contributed by atoms with Crippen molar-refractivity contribution < 1.29 is 36.3 Å². The highest BCUT2D eigenvalue weighted by atomic mass is 19.4. The summed E-state index contributed by atoms with van der Waals surface area (Å²) in [5.41, 5.74) is 4.91. The van der Waals surface area contributed by atoms with Gasteiger partial charge >= 0.3 is 12.4 Å². The summed E-state index contributed by atoms with van der Waals surface area (Å²) in [7, 11) is 0. The lowest BCUT2D eigenvalue weighted by molar-refractivity contribution is -0.274. The van der Waals surface area contributed by atoms with E-state index in [1.54, 1.807) is 0 Å². The van der Waals surface area contributed by atoms with Crippen molar-refractivity contribution in [1.29, 1.82) is 0 Å². The molecule has 0 heterocycles. The number of amidine groups is 1. The van der Waals surface area contributed by atoms with Crippen molar-refractivity contribution in [1.82, 2.24) is 5.32 Å². The van der Waals surface area contributed by atoms with E-state index in [0.29, 0.717) is 0 Å². The smallest absolute Gasteiger partial charge is 0.409 e. The van der Waals surface area contributed by atoms with Gasteiger partial charge < -0.3 is 16.3 Å². The summed E-state index contributed by atoms with van der Waals surface area (Å²) in [5, 5.41) is 11.9. The molecule has 0 saturated heterocycles. The molecule has 0 fully saturated rings. The van der Waals surface area contributed by atoms with E-state index in [1.807, 2.05) is 0 Å². The minimum atomic E-state index is -5.74. The minimum Gasteiger partial charge on any atom is -0.409 e. The van der Waals surface area contributed by atoms with Crippen LogP contribution in [0.3, 0.4) is 0 Å². The van der Waals surface area contributed by atoms with E-state index in [0.717, 1.165) is 0 Å². The Bertz CT molecular complexity index is 310. The molecule has 0 saturated carbocycles. The maximum atomic E-state index is 12.0. The average molecular weight is 281 g/mol. The van der Waals surface area contributed by atoms with E-state index in [-0.39, 0.29) is 6.42 Å². The van der Waals surface area contributed by atoms with E-state index >= 15 is 0 Å². The molecule has 0 bridgehead atoms. The minimum absolute atomic E-state index is 0.384. The van der Waals surface area contributed by atoms with Gasteiger partial charge in [0.05, 0.1) is 0 Å². The third-order valence-corrected chi connectivity index (χ3v) is 1.73. The number of nitrogens with zero attached hydrogens (tertiary/aromatic N) is 1. The number of hydrogen-bond acceptors (Lipinski definition) is 3. The molecule has 106 valence electrons. The van der Waals surface area contributed by atoms with Crippen molar-refractivity contribution in [2.75, 3.05) is 6.54 Å². The zero-order valence-electron chi connectivity index (χ0n) is 8.64. The molecule has 0 unspecified atom stereocenters. The third kappa shape index (κ3) is 5.10. The number of carbonyl (C=O) groups is 1. The molecule has 0 aliphatic rings. The highest BCUT2D eigenvalue weighted by Gasteiger charge is 2.60. The van der Waals surface area contributed by atoms with E-state index in [9.17, 15) is 31.1 Å². The molecule has 0 atom stereocenters. The quantitative estimate of drug-likeness (QED) is 0.236. The SMILES string of the molecule is NC(CCNC(=O)C(C(F)(F)F)C(F)(F)F)=NO. The Labute approximate surface area is 96.6 Å². The molecule has 11 heteroatoms. The Kier molecular flexibility index (Phi) is 5.24. The van der Waals surface area contributed by atoms with Crippen LogP contribution in [-0.2, 0) is 4.79 Å². The molecule has 0 aliphatic heterocycles. The van der Waals surface area contributed by atoms with Crippen LogP contribution < -0.4 is 11.1 Å². The molecule has 0 spiro atoms. The molecule has 0 aromatic carbocycles.